The van der Waals surface area contributed by atoms with Gasteiger partial charge in [-0.3, -0.25) is 0 Å². The Balaban J connectivity index is 2.99. The van der Waals surface area contributed by atoms with Crippen LogP contribution in [0.5, 0.6) is 0 Å². The van der Waals surface area contributed by atoms with Crippen LogP contribution in [-0.4, -0.2) is 6.61 Å². The number of allylic oxidation sites excluding steroid dienone is 4. The molecule has 1 rings (SSSR count). The van der Waals surface area contributed by atoms with Gasteiger partial charge >= 0.3 is 0 Å². The molecule has 1 heteroatoms. The zero-order chi connectivity index (χ0) is 9.84. The second-order valence-corrected chi connectivity index (χ2v) is 3.39. The lowest BCUT2D eigenvalue weighted by molar-refractivity contribution is 0.237. The lowest BCUT2D eigenvalue weighted by Crippen LogP contribution is -2.09. The third-order valence-corrected chi connectivity index (χ3v) is 2.17. The largest absolute Gasteiger partial charge is 0.489 e. The van der Waals surface area contributed by atoms with E-state index >= 15 is 0 Å². The van der Waals surface area contributed by atoms with E-state index in [1.165, 1.54) is 5.57 Å². The van der Waals surface area contributed by atoms with Crippen LogP contribution in [0.15, 0.2) is 48.3 Å². The van der Waals surface area contributed by atoms with Gasteiger partial charge in [0.25, 0.3) is 0 Å². The van der Waals surface area contributed by atoms with Crippen molar-refractivity contribution in [2.24, 2.45) is 5.92 Å². The molecule has 0 spiro atoms. The Morgan fingerprint density at radius 3 is 2.54 bits per heavy atom. The van der Waals surface area contributed by atoms with Gasteiger partial charge in [-0.05, 0) is 23.6 Å². The van der Waals surface area contributed by atoms with Gasteiger partial charge in [0, 0.05) is 5.57 Å². The lowest BCUT2D eigenvalue weighted by atomic mass is 9.99. The Morgan fingerprint density at radius 1 is 1.38 bits per heavy atom. The predicted molar refractivity (Wildman–Crippen MR) is 56.3 cm³/mol. The van der Waals surface area contributed by atoms with Crippen LogP contribution < -0.4 is 0 Å². The van der Waals surface area contributed by atoms with Gasteiger partial charge in [-0.1, -0.05) is 33.1 Å². The van der Waals surface area contributed by atoms with Crippen LogP contribution in [0.3, 0.4) is 0 Å². The zero-order valence-corrected chi connectivity index (χ0v) is 8.34. The van der Waals surface area contributed by atoms with Gasteiger partial charge in [0.05, 0.1) is 0 Å². The van der Waals surface area contributed by atoms with Crippen LogP contribution in [0.2, 0.25) is 0 Å². The van der Waals surface area contributed by atoms with Crippen LogP contribution in [-0.2, 0) is 4.74 Å². The standard InChI is InChI=1S/C12H16O/c1-5-10-7-11(9(3)4)8-13-12(10)6-2/h5-7,9H,1-2,8H2,3-4H3. The molecule has 1 heterocycles. The number of ether oxygens (including phenoxy) is 1. The topological polar surface area (TPSA) is 9.23 Å². The van der Waals surface area contributed by atoms with Crippen molar-refractivity contribution in [1.82, 2.24) is 0 Å². The van der Waals surface area contributed by atoms with Crippen molar-refractivity contribution in [3.63, 3.8) is 0 Å². The molecule has 0 unspecified atom stereocenters. The fourth-order valence-electron chi connectivity index (χ4n) is 1.23. The Hall–Kier alpha value is -1.24. The van der Waals surface area contributed by atoms with Crippen molar-refractivity contribution in [3.05, 3.63) is 48.3 Å². The number of rotatable bonds is 3. The molecule has 0 aromatic heterocycles. The minimum absolute atomic E-state index is 0.529. The SMILES string of the molecule is C=CC1=C(C=C)OCC(C(C)C)=C1. The molecule has 0 aromatic carbocycles. The number of hydrogen-bond donors (Lipinski definition) is 0. The molecule has 0 bridgehead atoms. The fourth-order valence-corrected chi connectivity index (χ4v) is 1.23. The summed E-state index contributed by atoms with van der Waals surface area (Å²) in [6.07, 6.45) is 5.67. The molecule has 13 heavy (non-hydrogen) atoms. The maximum Gasteiger partial charge on any atom is 0.126 e. The molecule has 1 nitrogen and oxygen atoms in total. The van der Waals surface area contributed by atoms with E-state index in [1.807, 2.05) is 0 Å². The molecular weight excluding hydrogens is 160 g/mol. The summed E-state index contributed by atoms with van der Waals surface area (Å²) < 4.78 is 5.53. The average molecular weight is 176 g/mol. The summed E-state index contributed by atoms with van der Waals surface area (Å²) in [6.45, 7) is 12.4. The van der Waals surface area contributed by atoms with Crippen molar-refractivity contribution in [2.45, 2.75) is 13.8 Å². The van der Waals surface area contributed by atoms with Gasteiger partial charge in [-0.25, -0.2) is 0 Å². The minimum Gasteiger partial charge on any atom is -0.489 e. The Bertz CT molecular complexity index is 279. The first kappa shape index (κ1) is 9.85. The van der Waals surface area contributed by atoms with Crippen molar-refractivity contribution in [1.29, 1.82) is 0 Å². The van der Waals surface area contributed by atoms with Crippen LogP contribution in [0.4, 0.5) is 0 Å². The zero-order valence-electron chi connectivity index (χ0n) is 8.34. The molecule has 0 saturated carbocycles. The summed E-state index contributed by atoms with van der Waals surface area (Å²) in [5.74, 6) is 1.36. The molecule has 0 N–H and O–H groups in total. The maximum absolute atomic E-state index is 5.53. The number of hydrogen-bond acceptors (Lipinski definition) is 1. The lowest BCUT2D eigenvalue weighted by Gasteiger charge is -2.20. The highest BCUT2D eigenvalue weighted by molar-refractivity contribution is 5.41. The average Bonchev–Trinajstić information content (AvgIpc) is 2.16. The third-order valence-electron chi connectivity index (χ3n) is 2.17. The van der Waals surface area contributed by atoms with Gasteiger partial charge in [-0.2, -0.15) is 0 Å². The second kappa shape index (κ2) is 4.13. The van der Waals surface area contributed by atoms with E-state index < -0.39 is 0 Å². The molecule has 0 atom stereocenters. The molecule has 0 saturated heterocycles. The monoisotopic (exact) mass is 176 g/mol. The first-order chi connectivity index (χ1) is 6.19. The summed E-state index contributed by atoms with van der Waals surface area (Å²) >= 11 is 0. The molecule has 0 aliphatic carbocycles. The Kier molecular flexibility index (Phi) is 3.13. The summed E-state index contributed by atoms with van der Waals surface area (Å²) in [5.41, 5.74) is 2.34. The first-order valence-electron chi connectivity index (χ1n) is 4.51. The van der Waals surface area contributed by atoms with Crippen molar-refractivity contribution in [2.75, 3.05) is 6.61 Å². The highest BCUT2D eigenvalue weighted by Gasteiger charge is 2.12. The normalized spacial score (nSPS) is 16.7. The van der Waals surface area contributed by atoms with Crippen LogP contribution in [0.25, 0.3) is 0 Å². The molecule has 0 amide bonds. The van der Waals surface area contributed by atoms with Gasteiger partial charge in [-0.15, -0.1) is 0 Å². The van der Waals surface area contributed by atoms with Crippen molar-refractivity contribution >= 4 is 0 Å². The Morgan fingerprint density at radius 2 is 2.08 bits per heavy atom. The predicted octanol–water partition coefficient (Wildman–Crippen LogP) is 3.23. The summed E-state index contributed by atoms with van der Waals surface area (Å²) in [6, 6.07) is 0. The van der Waals surface area contributed by atoms with Crippen molar-refractivity contribution < 1.29 is 4.74 Å². The van der Waals surface area contributed by atoms with E-state index in [0.29, 0.717) is 12.5 Å². The van der Waals surface area contributed by atoms with Gasteiger partial charge in [0.1, 0.15) is 12.4 Å². The molecule has 0 radical (unpaired) electrons. The van der Waals surface area contributed by atoms with Gasteiger partial charge in [0.2, 0.25) is 0 Å². The van der Waals surface area contributed by atoms with E-state index in [1.54, 1.807) is 12.2 Å². The first-order valence-corrected chi connectivity index (χ1v) is 4.51. The molecule has 1 aliphatic heterocycles. The second-order valence-electron chi connectivity index (χ2n) is 3.39. The minimum atomic E-state index is 0.529. The highest BCUT2D eigenvalue weighted by Crippen LogP contribution is 2.23. The van der Waals surface area contributed by atoms with Crippen LogP contribution in [0, 0.1) is 5.92 Å². The smallest absolute Gasteiger partial charge is 0.126 e. The van der Waals surface area contributed by atoms with E-state index in [4.69, 9.17) is 4.74 Å². The van der Waals surface area contributed by atoms with Gasteiger partial charge < -0.3 is 4.74 Å². The summed E-state index contributed by atoms with van der Waals surface area (Å²) in [5, 5.41) is 0. The molecule has 0 fully saturated rings. The van der Waals surface area contributed by atoms with E-state index in [2.05, 4.69) is 33.1 Å². The molecule has 1 aliphatic rings. The third kappa shape index (κ3) is 2.11. The molecule has 0 aromatic rings. The van der Waals surface area contributed by atoms with Crippen molar-refractivity contribution in [3.8, 4) is 0 Å². The van der Waals surface area contributed by atoms with Crippen LogP contribution in [0.1, 0.15) is 13.8 Å². The maximum atomic E-state index is 5.53. The summed E-state index contributed by atoms with van der Waals surface area (Å²) in [7, 11) is 0. The quantitative estimate of drug-likeness (QED) is 0.641. The molecular formula is C12H16O. The van der Waals surface area contributed by atoms with E-state index in [0.717, 1.165) is 11.3 Å². The molecule has 70 valence electrons. The van der Waals surface area contributed by atoms with E-state index in [-0.39, 0.29) is 0 Å². The van der Waals surface area contributed by atoms with Crippen LogP contribution >= 0.6 is 0 Å². The fraction of sp³-hybridized carbons (Fsp3) is 0.333. The summed E-state index contributed by atoms with van der Waals surface area (Å²) in [4.78, 5) is 0. The van der Waals surface area contributed by atoms with E-state index in [9.17, 15) is 0 Å². The highest BCUT2D eigenvalue weighted by atomic mass is 16.5. The Labute approximate surface area is 80.1 Å². The van der Waals surface area contributed by atoms with Gasteiger partial charge in [0.15, 0.2) is 0 Å².